The maximum atomic E-state index is 12.6. The van der Waals surface area contributed by atoms with Gasteiger partial charge in [0.1, 0.15) is 4.90 Å². The van der Waals surface area contributed by atoms with E-state index >= 15 is 0 Å². The van der Waals surface area contributed by atoms with E-state index in [9.17, 15) is 13.2 Å². The Hall–Kier alpha value is -3.58. The highest BCUT2D eigenvalue weighted by Crippen LogP contribution is 2.31. The van der Waals surface area contributed by atoms with Crippen molar-refractivity contribution in [2.75, 3.05) is 7.11 Å². The molecule has 0 aliphatic heterocycles. The summed E-state index contributed by atoms with van der Waals surface area (Å²) in [7, 11) is -2.59. The first-order chi connectivity index (χ1) is 15.7. The van der Waals surface area contributed by atoms with Crippen LogP contribution in [0.3, 0.4) is 0 Å². The largest absolute Gasteiger partial charge is 0.493 e. The maximum Gasteiger partial charge on any atom is 0.339 e. The van der Waals surface area contributed by atoms with Gasteiger partial charge in [-0.25, -0.2) is 0 Å². The Morgan fingerprint density at radius 2 is 1.67 bits per heavy atom. The molecule has 0 aromatic heterocycles. The lowest BCUT2D eigenvalue weighted by molar-refractivity contribution is -0.117. The summed E-state index contributed by atoms with van der Waals surface area (Å²) >= 11 is 0. The Labute approximate surface area is 195 Å². The number of hydrogen-bond donors (Lipinski definition) is 1. The molecular formula is C26H27NO5S. The smallest absolute Gasteiger partial charge is 0.339 e. The molecule has 172 valence electrons. The van der Waals surface area contributed by atoms with Crippen LogP contribution in [0.1, 0.15) is 35.2 Å². The van der Waals surface area contributed by atoms with E-state index in [1.807, 2.05) is 45.0 Å². The molecule has 1 N–H and O–H groups in total. The summed E-state index contributed by atoms with van der Waals surface area (Å²) in [6, 6.07) is 18.9. The molecule has 0 spiro atoms. The average molecular weight is 466 g/mol. The van der Waals surface area contributed by atoms with Crippen LogP contribution in [0.15, 0.2) is 77.7 Å². The van der Waals surface area contributed by atoms with Gasteiger partial charge in [-0.1, -0.05) is 48.0 Å². The number of amides is 1. The molecule has 1 atom stereocenters. The van der Waals surface area contributed by atoms with Crippen LogP contribution in [0.5, 0.6) is 11.5 Å². The van der Waals surface area contributed by atoms with E-state index in [4.69, 9.17) is 8.92 Å². The van der Waals surface area contributed by atoms with E-state index in [2.05, 4.69) is 5.32 Å². The van der Waals surface area contributed by atoms with Gasteiger partial charge in [0.25, 0.3) is 0 Å². The normalized spacial score (nSPS) is 12.4. The minimum absolute atomic E-state index is 0.0542. The van der Waals surface area contributed by atoms with Gasteiger partial charge in [-0.2, -0.15) is 8.42 Å². The molecule has 3 aromatic rings. The minimum Gasteiger partial charge on any atom is -0.493 e. The van der Waals surface area contributed by atoms with E-state index < -0.39 is 10.1 Å². The van der Waals surface area contributed by atoms with Crippen molar-refractivity contribution in [3.63, 3.8) is 0 Å². The third-order valence-electron chi connectivity index (χ3n) is 5.14. The van der Waals surface area contributed by atoms with E-state index in [1.54, 1.807) is 30.3 Å². The molecule has 0 saturated carbocycles. The molecule has 0 aliphatic rings. The van der Waals surface area contributed by atoms with Crippen LogP contribution >= 0.6 is 0 Å². The Bertz CT molecular complexity index is 1260. The van der Waals surface area contributed by atoms with Crippen molar-refractivity contribution in [1.29, 1.82) is 0 Å². The predicted molar refractivity (Wildman–Crippen MR) is 129 cm³/mol. The third kappa shape index (κ3) is 6.23. The number of ether oxygens (including phenoxy) is 1. The molecule has 6 nitrogen and oxygen atoms in total. The first-order valence-electron chi connectivity index (χ1n) is 10.4. The van der Waals surface area contributed by atoms with Gasteiger partial charge in [-0.05, 0) is 67.8 Å². The van der Waals surface area contributed by atoms with Crippen molar-refractivity contribution < 1.29 is 22.1 Å². The van der Waals surface area contributed by atoms with Gasteiger partial charge in [-0.3, -0.25) is 4.79 Å². The number of nitrogens with one attached hydrogen (secondary N) is 1. The summed E-state index contributed by atoms with van der Waals surface area (Å²) in [6.07, 6.45) is 3.05. The van der Waals surface area contributed by atoms with Gasteiger partial charge in [0.05, 0.1) is 13.2 Å². The average Bonchev–Trinajstić information content (AvgIpc) is 2.78. The fourth-order valence-corrected chi connectivity index (χ4v) is 4.25. The van der Waals surface area contributed by atoms with Crippen molar-refractivity contribution in [3.8, 4) is 11.5 Å². The second-order valence-corrected chi connectivity index (χ2v) is 9.23. The van der Waals surface area contributed by atoms with E-state index in [-0.39, 0.29) is 28.3 Å². The van der Waals surface area contributed by atoms with Crippen molar-refractivity contribution >= 4 is 22.1 Å². The van der Waals surface area contributed by atoms with Crippen LogP contribution in [-0.2, 0) is 14.9 Å². The Balaban J connectivity index is 1.71. The lowest BCUT2D eigenvalue weighted by Crippen LogP contribution is -2.25. The Morgan fingerprint density at radius 3 is 2.33 bits per heavy atom. The van der Waals surface area contributed by atoms with Crippen LogP contribution in [0, 0.1) is 13.8 Å². The summed E-state index contributed by atoms with van der Waals surface area (Å²) in [5.41, 5.74) is 3.76. The molecule has 0 aliphatic carbocycles. The summed E-state index contributed by atoms with van der Waals surface area (Å²) in [5.74, 6) is 0.0568. The molecule has 0 saturated heterocycles. The number of carbonyl (C=O) groups is 1. The third-order valence-corrected chi connectivity index (χ3v) is 6.39. The first kappa shape index (κ1) is 24.1. The molecule has 3 rings (SSSR count). The fraction of sp³-hybridized carbons (Fsp3) is 0.192. The Morgan fingerprint density at radius 1 is 0.970 bits per heavy atom. The molecule has 0 unspecified atom stereocenters. The quantitative estimate of drug-likeness (QED) is 0.375. The monoisotopic (exact) mass is 465 g/mol. The van der Waals surface area contributed by atoms with Crippen LogP contribution in [0.2, 0.25) is 0 Å². The van der Waals surface area contributed by atoms with Gasteiger partial charge >= 0.3 is 10.1 Å². The fourth-order valence-electron chi connectivity index (χ4n) is 3.31. The molecule has 0 fully saturated rings. The SMILES string of the molecule is COc1cc(/C=C/C(=O)N[C@@H](C)c2ccccc2C)ccc1OS(=O)(=O)c1ccc(C)cc1. The zero-order valence-corrected chi connectivity index (χ0v) is 19.8. The number of methoxy groups -OCH3 is 1. The highest BCUT2D eigenvalue weighted by molar-refractivity contribution is 7.87. The maximum absolute atomic E-state index is 12.6. The molecule has 1 amide bonds. The van der Waals surface area contributed by atoms with Crippen molar-refractivity contribution in [2.45, 2.75) is 31.7 Å². The highest BCUT2D eigenvalue weighted by atomic mass is 32.2. The number of hydrogen-bond acceptors (Lipinski definition) is 5. The summed E-state index contributed by atoms with van der Waals surface area (Å²) in [5, 5.41) is 2.94. The zero-order chi connectivity index (χ0) is 24.0. The molecular weight excluding hydrogens is 438 g/mol. The van der Waals surface area contributed by atoms with Gasteiger partial charge in [0.15, 0.2) is 11.5 Å². The van der Waals surface area contributed by atoms with Crippen LogP contribution in [-0.4, -0.2) is 21.4 Å². The number of benzene rings is 3. The molecule has 3 aromatic carbocycles. The van der Waals surface area contributed by atoms with E-state index in [1.165, 1.54) is 31.4 Å². The number of carbonyl (C=O) groups excluding carboxylic acids is 1. The summed E-state index contributed by atoms with van der Waals surface area (Å²) in [4.78, 5) is 12.4. The second kappa shape index (κ2) is 10.4. The number of rotatable bonds is 8. The standard InChI is InChI=1S/C26H27NO5S/c1-18-9-13-22(14-10-18)33(29,30)32-24-15-11-21(17-25(24)31-4)12-16-26(28)27-20(3)23-8-6-5-7-19(23)2/h5-17,20H,1-4H3,(H,27,28)/b16-12+/t20-/m0/s1. The van der Waals surface area contributed by atoms with Crippen molar-refractivity contribution in [3.05, 3.63) is 95.1 Å². The lowest BCUT2D eigenvalue weighted by Gasteiger charge is -2.15. The molecule has 33 heavy (non-hydrogen) atoms. The van der Waals surface area contributed by atoms with Gasteiger partial charge in [0, 0.05) is 6.08 Å². The highest BCUT2D eigenvalue weighted by Gasteiger charge is 2.19. The minimum atomic E-state index is -4.01. The summed E-state index contributed by atoms with van der Waals surface area (Å²) in [6.45, 7) is 5.80. The topological polar surface area (TPSA) is 81.7 Å². The Kier molecular flexibility index (Phi) is 7.55. The van der Waals surface area contributed by atoms with Crippen LogP contribution in [0.4, 0.5) is 0 Å². The predicted octanol–water partition coefficient (Wildman–Crippen LogP) is 4.97. The zero-order valence-electron chi connectivity index (χ0n) is 19.0. The molecule has 0 radical (unpaired) electrons. The van der Waals surface area contributed by atoms with E-state index in [0.29, 0.717) is 5.56 Å². The van der Waals surface area contributed by atoms with Crippen LogP contribution in [0.25, 0.3) is 6.08 Å². The molecule has 0 heterocycles. The van der Waals surface area contributed by atoms with Gasteiger partial charge in [-0.15, -0.1) is 0 Å². The summed E-state index contributed by atoms with van der Waals surface area (Å²) < 4.78 is 35.8. The molecule has 0 bridgehead atoms. The van der Waals surface area contributed by atoms with E-state index in [0.717, 1.165) is 16.7 Å². The van der Waals surface area contributed by atoms with Crippen LogP contribution < -0.4 is 14.2 Å². The van der Waals surface area contributed by atoms with Crippen molar-refractivity contribution in [2.24, 2.45) is 0 Å². The van der Waals surface area contributed by atoms with Gasteiger partial charge in [0.2, 0.25) is 5.91 Å². The first-order valence-corrected chi connectivity index (χ1v) is 11.8. The second-order valence-electron chi connectivity index (χ2n) is 7.68. The number of aryl methyl sites for hydroxylation is 2. The lowest BCUT2D eigenvalue weighted by atomic mass is 10.0. The van der Waals surface area contributed by atoms with Gasteiger partial charge < -0.3 is 14.2 Å². The van der Waals surface area contributed by atoms with Crippen molar-refractivity contribution in [1.82, 2.24) is 5.32 Å². The molecule has 7 heteroatoms.